The van der Waals surface area contributed by atoms with Crippen LogP contribution in [-0.4, -0.2) is 90.1 Å². The molecule has 0 aliphatic heterocycles. The number of hydrogen-bond donors (Lipinski definition) is 0. The van der Waals surface area contributed by atoms with Crippen LogP contribution in [0.15, 0.2) is 84.9 Å². The quantitative estimate of drug-likeness (QED) is 0.239. The maximum atomic E-state index is 6.60. The molecule has 13 heteroatoms. The summed E-state index contributed by atoms with van der Waals surface area (Å²) in [7, 11) is 57.8. The predicted molar refractivity (Wildman–Crippen MR) is 241 cm³/mol. The third-order valence-electron chi connectivity index (χ3n) is 11.4. The van der Waals surface area contributed by atoms with E-state index in [-0.39, 0.29) is 83.2 Å². The van der Waals surface area contributed by atoms with Crippen molar-refractivity contribution in [2.75, 3.05) is 0 Å². The van der Waals surface area contributed by atoms with Gasteiger partial charge in [0, 0.05) is 38.6 Å². The normalized spacial score (nSPS) is 13.0. The van der Waals surface area contributed by atoms with Gasteiger partial charge in [-0.05, 0) is 59.5 Å². The zero-order chi connectivity index (χ0) is 39.5. The lowest BCUT2D eigenvalue weighted by molar-refractivity contribution is 0.661. The molecule has 1 aliphatic carbocycles. The molecule has 0 spiro atoms. The topological polar surface area (TPSA) is 43.6 Å². The highest BCUT2D eigenvalue weighted by atomic mass is 15.0. The third kappa shape index (κ3) is 5.15. The van der Waals surface area contributed by atoms with Crippen LogP contribution in [0.2, 0.25) is 0 Å². The molecule has 0 saturated heterocycles. The van der Waals surface area contributed by atoms with Crippen molar-refractivity contribution in [1.82, 2.24) is 19.5 Å². The molecule has 0 bridgehead atoms. The first kappa shape index (κ1) is 36.4. The summed E-state index contributed by atoms with van der Waals surface area (Å²) >= 11 is 0. The molecule has 0 amide bonds. The Bertz CT molecular complexity index is 2880. The monoisotopic (exact) mass is 694 g/mol. The number of rotatable bonds is 4. The van der Waals surface area contributed by atoms with E-state index in [2.05, 4.69) is 79.1 Å². The molecule has 1 aliphatic rings. The van der Waals surface area contributed by atoms with Crippen LogP contribution in [0.5, 0.6) is 0 Å². The lowest BCUT2D eigenvalue weighted by atomic mass is 9.60. The maximum absolute atomic E-state index is 6.60. The van der Waals surface area contributed by atoms with E-state index in [0.29, 0.717) is 11.1 Å². The Balaban J connectivity index is 1.30. The Kier molecular flexibility index (Phi) is 8.36. The van der Waals surface area contributed by atoms with E-state index in [1.165, 1.54) is 22.3 Å². The van der Waals surface area contributed by atoms with Crippen LogP contribution in [0.3, 0.4) is 0 Å². The van der Waals surface area contributed by atoms with Crippen molar-refractivity contribution >= 4 is 142 Å². The van der Waals surface area contributed by atoms with Crippen molar-refractivity contribution in [2.45, 2.75) is 26.2 Å². The first-order valence-corrected chi connectivity index (χ1v) is 18.0. The van der Waals surface area contributed by atoms with E-state index in [0.717, 1.165) is 27.5 Å². The second kappa shape index (κ2) is 12.9. The third-order valence-corrected chi connectivity index (χ3v) is 11.4. The first-order chi connectivity index (χ1) is 26.7. The van der Waals surface area contributed by atoms with Crippen molar-refractivity contribution in [3.8, 4) is 51.0 Å². The number of para-hydroxylation sites is 1. The minimum absolute atomic E-state index is 0.0455. The van der Waals surface area contributed by atoms with Gasteiger partial charge in [0.25, 0.3) is 0 Å². The van der Waals surface area contributed by atoms with Gasteiger partial charge in [-0.2, -0.15) is 0 Å². The SMILES string of the molecule is [B]c1c([B])c([B])c(-c2nc(-c3cccc(-n4c5ccccc5c5cc6c(cc54)C(C)(C)c4ccccc4-6)c3)nc(-c3c([B])c([B])c(C)c([B])c3[B])n2)c([B])c1[B]. The molecular formula is C43H23B9N4. The van der Waals surface area contributed by atoms with Crippen LogP contribution in [0, 0.1) is 6.92 Å². The van der Waals surface area contributed by atoms with Crippen LogP contribution in [0.25, 0.3) is 72.8 Å². The summed E-state index contributed by atoms with van der Waals surface area (Å²) in [4.78, 5) is 14.6. The van der Waals surface area contributed by atoms with Crippen molar-refractivity contribution in [3.05, 3.63) is 102 Å². The van der Waals surface area contributed by atoms with Crippen LogP contribution in [0.1, 0.15) is 30.5 Å². The number of hydrogen-bond acceptors (Lipinski definition) is 3. The van der Waals surface area contributed by atoms with Gasteiger partial charge in [-0.25, -0.2) is 15.0 Å². The average molecular weight is 693 g/mol. The Labute approximate surface area is 338 Å². The van der Waals surface area contributed by atoms with Gasteiger partial charge in [0.05, 0.1) is 11.0 Å². The fourth-order valence-corrected chi connectivity index (χ4v) is 8.25. The Morgan fingerprint density at radius 1 is 0.464 bits per heavy atom. The van der Waals surface area contributed by atoms with Gasteiger partial charge in [0.15, 0.2) is 17.5 Å². The van der Waals surface area contributed by atoms with Crippen molar-refractivity contribution in [1.29, 1.82) is 0 Å². The molecule has 0 saturated carbocycles. The Morgan fingerprint density at radius 3 is 1.68 bits per heavy atom. The van der Waals surface area contributed by atoms with Crippen molar-refractivity contribution < 1.29 is 0 Å². The molecule has 18 radical (unpaired) electrons. The lowest BCUT2D eigenvalue weighted by Gasteiger charge is -2.22. The smallest absolute Gasteiger partial charge is 0.164 e. The average Bonchev–Trinajstić information content (AvgIpc) is 3.65. The minimum atomic E-state index is -0.189. The van der Waals surface area contributed by atoms with Gasteiger partial charge < -0.3 is 4.57 Å². The van der Waals surface area contributed by atoms with Crippen LogP contribution in [-0.2, 0) is 5.41 Å². The van der Waals surface area contributed by atoms with E-state index < -0.39 is 0 Å². The van der Waals surface area contributed by atoms with Gasteiger partial charge in [-0.3, -0.25) is 0 Å². The van der Waals surface area contributed by atoms with Crippen LogP contribution >= 0.6 is 0 Å². The van der Waals surface area contributed by atoms with Gasteiger partial charge in [0.2, 0.25) is 0 Å². The summed E-state index contributed by atoms with van der Waals surface area (Å²) in [5.74, 6) is 0.412. The Morgan fingerprint density at radius 2 is 1.02 bits per heavy atom. The van der Waals surface area contributed by atoms with Gasteiger partial charge in [0.1, 0.15) is 70.6 Å². The standard InChI is InChI=1S/C43H23B9N4/c1-18-31(44)33(46)29(34(47)32(18)45)41-53-40(54-42(55-41)30-35(48)37(50)39(52)38(51)36(30)49)19-9-8-10-20(15-19)56-27-14-7-5-12-22(27)24-16-23-21-11-4-6-13-25(21)43(2,3)26(23)17-28(24)56/h4-17H,1-3H3. The molecule has 0 fully saturated rings. The highest BCUT2D eigenvalue weighted by molar-refractivity contribution is 6.68. The van der Waals surface area contributed by atoms with Crippen molar-refractivity contribution in [2.24, 2.45) is 0 Å². The molecular weight excluding hydrogens is 670 g/mol. The van der Waals surface area contributed by atoms with Gasteiger partial charge in [-0.15, -0.1) is 27.3 Å². The highest BCUT2D eigenvalue weighted by Crippen LogP contribution is 2.51. The summed E-state index contributed by atoms with van der Waals surface area (Å²) in [5, 5.41) is 2.28. The molecule has 2 aromatic heterocycles. The van der Waals surface area contributed by atoms with Crippen molar-refractivity contribution in [3.63, 3.8) is 0 Å². The molecule has 9 rings (SSSR count). The molecule has 0 N–H and O–H groups in total. The van der Waals surface area contributed by atoms with Crippen LogP contribution < -0.4 is 49.2 Å². The summed E-state index contributed by atoms with van der Waals surface area (Å²) in [6.07, 6.45) is 0. The fourth-order valence-electron chi connectivity index (χ4n) is 8.25. The molecule has 2 heterocycles. The summed E-state index contributed by atoms with van der Waals surface area (Å²) in [6, 6.07) is 29.6. The highest BCUT2D eigenvalue weighted by Gasteiger charge is 2.36. The van der Waals surface area contributed by atoms with Gasteiger partial charge in [-0.1, -0.05) is 95.9 Å². The van der Waals surface area contributed by atoms with E-state index in [1.807, 2.05) is 24.3 Å². The fraction of sp³-hybridized carbons (Fsp3) is 0.0930. The lowest BCUT2D eigenvalue weighted by Crippen LogP contribution is -2.55. The molecule has 56 heavy (non-hydrogen) atoms. The molecule has 6 aromatic carbocycles. The number of benzene rings is 6. The van der Waals surface area contributed by atoms with Crippen LogP contribution in [0.4, 0.5) is 0 Å². The van der Waals surface area contributed by atoms with Gasteiger partial charge >= 0.3 is 0 Å². The van der Waals surface area contributed by atoms with E-state index in [9.17, 15) is 0 Å². The maximum Gasteiger partial charge on any atom is 0.164 e. The minimum Gasteiger partial charge on any atom is -0.309 e. The molecule has 4 nitrogen and oxygen atoms in total. The van der Waals surface area contributed by atoms with E-state index in [1.54, 1.807) is 6.92 Å². The zero-order valence-corrected chi connectivity index (χ0v) is 31.1. The summed E-state index contributed by atoms with van der Waals surface area (Å²) in [6.45, 7) is 6.30. The van der Waals surface area contributed by atoms with E-state index >= 15 is 0 Å². The molecule has 0 unspecified atom stereocenters. The number of fused-ring (bicyclic) bond motifs is 6. The largest absolute Gasteiger partial charge is 0.309 e. The van der Waals surface area contributed by atoms with E-state index in [4.69, 9.17) is 85.6 Å². The second-order valence-corrected chi connectivity index (χ2v) is 14.9. The molecule has 242 valence electrons. The second-order valence-electron chi connectivity index (χ2n) is 14.9. The molecule has 8 aromatic rings. The predicted octanol–water partition coefficient (Wildman–Crippen LogP) is -0.271. The Hall–Kier alpha value is -5.29. The summed E-state index contributed by atoms with van der Waals surface area (Å²) in [5.41, 5.74) is 10.6. The summed E-state index contributed by atoms with van der Waals surface area (Å²) < 4.78 is 2.27. The zero-order valence-electron chi connectivity index (χ0n) is 31.1. The number of aromatic nitrogens is 4. The molecule has 0 atom stereocenters. The number of nitrogens with zero attached hydrogens (tertiary/aromatic N) is 4. The first-order valence-electron chi connectivity index (χ1n) is 18.0.